The number of likely N-dealkylation sites (N-methyl/N-ethyl adjacent to an activating group) is 1. The molecular weight excluding hydrogens is 317 g/mol. The molecule has 1 heterocycles. The van der Waals surface area contributed by atoms with Gasteiger partial charge in [-0.1, -0.05) is 12.1 Å². The summed E-state index contributed by atoms with van der Waals surface area (Å²) in [6.45, 7) is 2.17. The lowest BCUT2D eigenvalue weighted by molar-refractivity contribution is -0.120. The van der Waals surface area contributed by atoms with Gasteiger partial charge >= 0.3 is 0 Å². The normalized spacial score (nSPS) is 12.2. The average Bonchev–Trinajstić information content (AvgIpc) is 2.94. The van der Waals surface area contributed by atoms with Crippen LogP contribution in [0.15, 0.2) is 35.7 Å². The highest BCUT2D eigenvalue weighted by Crippen LogP contribution is 2.23. The summed E-state index contributed by atoms with van der Waals surface area (Å²) in [4.78, 5) is 25.4. The Hall–Kier alpha value is -2.25. The molecule has 0 saturated heterocycles. The van der Waals surface area contributed by atoms with Gasteiger partial charge in [0.2, 0.25) is 5.91 Å². The van der Waals surface area contributed by atoms with Crippen LogP contribution < -0.4 is 11.1 Å². The second kappa shape index (κ2) is 7.34. The van der Waals surface area contributed by atoms with Gasteiger partial charge in [-0.05, 0) is 43.1 Å². The molecule has 0 radical (unpaired) electrons. The highest BCUT2D eigenvalue weighted by molar-refractivity contribution is 7.14. The van der Waals surface area contributed by atoms with Gasteiger partial charge in [0, 0.05) is 6.54 Å². The van der Waals surface area contributed by atoms with Crippen LogP contribution in [0.5, 0.6) is 0 Å². The van der Waals surface area contributed by atoms with E-state index in [-0.39, 0.29) is 11.7 Å². The number of rotatable bonds is 6. The predicted molar refractivity (Wildman–Crippen MR) is 88.8 cm³/mol. The zero-order chi connectivity index (χ0) is 17.0. The van der Waals surface area contributed by atoms with Crippen LogP contribution in [0.1, 0.15) is 22.8 Å². The molecule has 0 aliphatic carbocycles. The van der Waals surface area contributed by atoms with E-state index < -0.39 is 11.9 Å². The number of hydrogen-bond acceptors (Lipinski definition) is 4. The maximum atomic E-state index is 13.2. The Morgan fingerprint density at radius 1 is 1.39 bits per heavy atom. The standard InChI is InChI=1S/C16H18FN3O2S/c1-10(20(2)9-11-4-3-5-12(17)8-11)15(22)19-16-13(14(18)21)6-7-23-16/h3-8,10H,9H2,1-2H3,(H2,18,21)(H,19,22). The number of halogens is 1. The summed E-state index contributed by atoms with van der Waals surface area (Å²) in [6.07, 6.45) is 0. The molecule has 0 aliphatic rings. The first-order chi connectivity index (χ1) is 10.9. The fourth-order valence-corrected chi connectivity index (χ4v) is 2.87. The third-order valence-electron chi connectivity index (χ3n) is 3.53. The molecule has 5 nitrogen and oxygen atoms in total. The Balaban J connectivity index is 2.01. The molecule has 1 unspecified atom stereocenters. The van der Waals surface area contributed by atoms with E-state index in [0.717, 1.165) is 5.56 Å². The fourth-order valence-electron chi connectivity index (χ4n) is 2.08. The SMILES string of the molecule is CC(C(=O)Nc1sccc1C(N)=O)N(C)Cc1cccc(F)c1. The molecule has 122 valence electrons. The molecule has 1 aromatic carbocycles. The Kier molecular flexibility index (Phi) is 5.46. The smallest absolute Gasteiger partial charge is 0.251 e. The molecule has 23 heavy (non-hydrogen) atoms. The van der Waals surface area contributed by atoms with E-state index in [1.165, 1.54) is 23.5 Å². The molecule has 3 N–H and O–H groups in total. The summed E-state index contributed by atoms with van der Waals surface area (Å²) >= 11 is 1.24. The highest BCUT2D eigenvalue weighted by atomic mass is 32.1. The van der Waals surface area contributed by atoms with Crippen LogP contribution >= 0.6 is 11.3 Å². The first-order valence-corrected chi connectivity index (χ1v) is 7.89. The maximum Gasteiger partial charge on any atom is 0.251 e. The van der Waals surface area contributed by atoms with Crippen LogP contribution in [-0.2, 0) is 11.3 Å². The van der Waals surface area contributed by atoms with Crippen LogP contribution in [0.3, 0.4) is 0 Å². The van der Waals surface area contributed by atoms with Crippen molar-refractivity contribution in [2.24, 2.45) is 5.73 Å². The van der Waals surface area contributed by atoms with E-state index in [1.54, 1.807) is 42.5 Å². The monoisotopic (exact) mass is 335 g/mol. The lowest BCUT2D eigenvalue weighted by atomic mass is 10.2. The van der Waals surface area contributed by atoms with Crippen LogP contribution in [-0.4, -0.2) is 29.8 Å². The molecule has 0 aliphatic heterocycles. The number of carbonyl (C=O) groups excluding carboxylic acids is 2. The molecule has 0 fully saturated rings. The van der Waals surface area contributed by atoms with E-state index in [1.807, 2.05) is 0 Å². The summed E-state index contributed by atoms with van der Waals surface area (Å²) in [5.74, 6) is -1.14. The first kappa shape index (κ1) is 17.1. The second-order valence-corrected chi connectivity index (χ2v) is 6.15. The van der Waals surface area contributed by atoms with Gasteiger partial charge in [0.25, 0.3) is 5.91 Å². The van der Waals surface area contributed by atoms with Crippen LogP contribution in [0, 0.1) is 5.82 Å². The first-order valence-electron chi connectivity index (χ1n) is 7.01. The average molecular weight is 335 g/mol. The molecule has 0 bridgehead atoms. The number of benzene rings is 1. The Morgan fingerprint density at radius 3 is 2.78 bits per heavy atom. The Morgan fingerprint density at radius 2 is 2.13 bits per heavy atom. The minimum atomic E-state index is -0.581. The number of thiophene rings is 1. The van der Waals surface area contributed by atoms with Gasteiger partial charge in [-0.25, -0.2) is 4.39 Å². The third kappa shape index (κ3) is 4.37. The number of hydrogen-bond donors (Lipinski definition) is 2. The Labute approximate surface area is 137 Å². The van der Waals surface area contributed by atoms with Gasteiger partial charge < -0.3 is 11.1 Å². The van der Waals surface area contributed by atoms with Crippen molar-refractivity contribution in [3.63, 3.8) is 0 Å². The molecule has 2 rings (SSSR count). The molecule has 1 aromatic heterocycles. The van der Waals surface area contributed by atoms with Gasteiger partial charge in [-0.15, -0.1) is 11.3 Å². The topological polar surface area (TPSA) is 75.4 Å². The summed E-state index contributed by atoms with van der Waals surface area (Å²) in [6, 6.07) is 7.36. The number of anilines is 1. The van der Waals surface area contributed by atoms with Crippen LogP contribution in [0.25, 0.3) is 0 Å². The van der Waals surface area contributed by atoms with Crippen molar-refractivity contribution in [3.05, 3.63) is 52.7 Å². The number of amides is 2. The van der Waals surface area contributed by atoms with Gasteiger partial charge in [-0.2, -0.15) is 0 Å². The molecular formula is C16H18FN3O2S. The molecule has 0 saturated carbocycles. The van der Waals surface area contributed by atoms with E-state index >= 15 is 0 Å². The van der Waals surface area contributed by atoms with Crippen LogP contribution in [0.4, 0.5) is 9.39 Å². The van der Waals surface area contributed by atoms with Crippen molar-refractivity contribution in [1.82, 2.24) is 4.90 Å². The zero-order valence-electron chi connectivity index (χ0n) is 12.9. The number of primary amides is 1. The number of nitrogens with one attached hydrogen (secondary N) is 1. The summed E-state index contributed by atoms with van der Waals surface area (Å²) in [5.41, 5.74) is 6.33. The van der Waals surface area contributed by atoms with Crippen molar-refractivity contribution >= 4 is 28.2 Å². The fraction of sp³-hybridized carbons (Fsp3) is 0.250. The quantitative estimate of drug-likeness (QED) is 0.851. The molecule has 0 spiro atoms. The van der Waals surface area contributed by atoms with E-state index in [0.29, 0.717) is 17.1 Å². The number of nitrogens with zero attached hydrogens (tertiary/aromatic N) is 1. The Bertz CT molecular complexity index is 717. The van der Waals surface area contributed by atoms with Gasteiger partial charge in [0.05, 0.1) is 11.6 Å². The van der Waals surface area contributed by atoms with Crippen molar-refractivity contribution in [1.29, 1.82) is 0 Å². The summed E-state index contributed by atoms with van der Waals surface area (Å²) in [7, 11) is 1.78. The van der Waals surface area contributed by atoms with Crippen molar-refractivity contribution in [2.75, 3.05) is 12.4 Å². The van der Waals surface area contributed by atoms with Gasteiger partial charge in [0.1, 0.15) is 10.8 Å². The van der Waals surface area contributed by atoms with Crippen molar-refractivity contribution in [2.45, 2.75) is 19.5 Å². The molecule has 7 heteroatoms. The van der Waals surface area contributed by atoms with E-state index in [2.05, 4.69) is 5.32 Å². The van der Waals surface area contributed by atoms with E-state index in [9.17, 15) is 14.0 Å². The zero-order valence-corrected chi connectivity index (χ0v) is 13.7. The van der Waals surface area contributed by atoms with Crippen molar-refractivity contribution in [3.8, 4) is 0 Å². The van der Waals surface area contributed by atoms with E-state index in [4.69, 9.17) is 5.73 Å². The largest absolute Gasteiger partial charge is 0.366 e. The van der Waals surface area contributed by atoms with Crippen LogP contribution in [0.2, 0.25) is 0 Å². The molecule has 2 aromatic rings. The lowest BCUT2D eigenvalue weighted by Crippen LogP contribution is -2.39. The molecule has 2 amide bonds. The third-order valence-corrected chi connectivity index (χ3v) is 4.36. The number of nitrogens with two attached hydrogens (primary N) is 1. The minimum absolute atomic E-state index is 0.256. The van der Waals surface area contributed by atoms with Gasteiger partial charge in [0.15, 0.2) is 0 Å². The van der Waals surface area contributed by atoms with Gasteiger partial charge in [-0.3, -0.25) is 14.5 Å². The van der Waals surface area contributed by atoms with Crippen molar-refractivity contribution < 1.29 is 14.0 Å². The summed E-state index contributed by atoms with van der Waals surface area (Å²) < 4.78 is 13.2. The summed E-state index contributed by atoms with van der Waals surface area (Å²) in [5, 5.41) is 4.84. The maximum absolute atomic E-state index is 13.2. The molecule has 1 atom stereocenters. The predicted octanol–water partition coefficient (Wildman–Crippen LogP) is 2.45. The minimum Gasteiger partial charge on any atom is -0.366 e. The highest BCUT2D eigenvalue weighted by Gasteiger charge is 2.20. The second-order valence-electron chi connectivity index (χ2n) is 5.24. The lowest BCUT2D eigenvalue weighted by Gasteiger charge is -2.23. The number of carbonyl (C=O) groups is 2.